The van der Waals surface area contributed by atoms with Crippen LogP contribution in [0.15, 0.2) is 48.5 Å². The molecule has 0 fully saturated rings. The number of sulfonamides is 1. The van der Waals surface area contributed by atoms with Crippen LogP contribution in [-0.2, 0) is 19.6 Å². The molecule has 8 nitrogen and oxygen atoms in total. The number of benzene rings is 2. The number of nitrogens with one attached hydrogen (secondary N) is 1. The van der Waals surface area contributed by atoms with Gasteiger partial charge in [-0.25, -0.2) is 8.42 Å². The zero-order chi connectivity index (χ0) is 21.6. The molecule has 29 heavy (non-hydrogen) atoms. The predicted octanol–water partition coefficient (Wildman–Crippen LogP) is 1.87. The van der Waals surface area contributed by atoms with Crippen molar-refractivity contribution in [3.8, 4) is 5.75 Å². The number of carbonyl (C=O) groups excluding carboxylic acids is 2. The molecular formula is C20H25N3O5S. The van der Waals surface area contributed by atoms with E-state index in [1.807, 2.05) is 0 Å². The highest BCUT2D eigenvalue weighted by Gasteiger charge is 2.24. The number of anilines is 2. The Labute approximate surface area is 171 Å². The first-order valence-corrected chi connectivity index (χ1v) is 10.7. The van der Waals surface area contributed by atoms with Crippen molar-refractivity contribution in [2.75, 3.05) is 43.1 Å². The van der Waals surface area contributed by atoms with Gasteiger partial charge < -0.3 is 15.0 Å². The van der Waals surface area contributed by atoms with Crippen molar-refractivity contribution < 1.29 is 22.7 Å². The van der Waals surface area contributed by atoms with Gasteiger partial charge >= 0.3 is 0 Å². The number of rotatable bonds is 8. The SMILES string of the molecule is COc1ccc(NC(=O)CN(C)C(=O)CN(c2ccccc2C)S(C)(=O)=O)cc1. The average molecular weight is 420 g/mol. The van der Waals surface area contributed by atoms with E-state index in [0.29, 0.717) is 17.1 Å². The Morgan fingerprint density at radius 2 is 1.66 bits per heavy atom. The third kappa shape index (κ3) is 6.21. The van der Waals surface area contributed by atoms with Gasteiger partial charge in [0.15, 0.2) is 0 Å². The minimum atomic E-state index is -3.68. The van der Waals surface area contributed by atoms with Crippen LogP contribution in [0.4, 0.5) is 11.4 Å². The molecule has 0 saturated carbocycles. The molecule has 0 aromatic heterocycles. The molecule has 1 N–H and O–H groups in total. The lowest BCUT2D eigenvalue weighted by Crippen LogP contribution is -2.43. The molecule has 156 valence electrons. The van der Waals surface area contributed by atoms with Crippen molar-refractivity contribution in [2.45, 2.75) is 6.92 Å². The monoisotopic (exact) mass is 419 g/mol. The summed E-state index contributed by atoms with van der Waals surface area (Å²) in [6, 6.07) is 13.7. The van der Waals surface area contributed by atoms with Crippen LogP contribution in [0.2, 0.25) is 0 Å². The first-order valence-electron chi connectivity index (χ1n) is 8.83. The molecule has 0 unspecified atom stereocenters. The largest absolute Gasteiger partial charge is 0.497 e. The Hall–Kier alpha value is -3.07. The fourth-order valence-corrected chi connectivity index (χ4v) is 3.55. The van der Waals surface area contributed by atoms with Crippen molar-refractivity contribution in [1.29, 1.82) is 0 Å². The van der Waals surface area contributed by atoms with Gasteiger partial charge in [-0.2, -0.15) is 0 Å². The molecule has 0 heterocycles. The van der Waals surface area contributed by atoms with Crippen LogP contribution in [-0.4, -0.2) is 58.6 Å². The topological polar surface area (TPSA) is 96.0 Å². The van der Waals surface area contributed by atoms with E-state index in [4.69, 9.17) is 4.74 Å². The smallest absolute Gasteiger partial charge is 0.243 e. The van der Waals surface area contributed by atoms with Crippen LogP contribution in [0.25, 0.3) is 0 Å². The van der Waals surface area contributed by atoms with Crippen LogP contribution in [0.3, 0.4) is 0 Å². The van der Waals surface area contributed by atoms with E-state index in [1.165, 1.54) is 11.9 Å². The molecular weight excluding hydrogens is 394 g/mol. The molecule has 0 aliphatic heterocycles. The number of aryl methyl sites for hydroxylation is 1. The molecule has 9 heteroatoms. The highest BCUT2D eigenvalue weighted by atomic mass is 32.2. The molecule has 0 atom stereocenters. The molecule has 2 amide bonds. The summed E-state index contributed by atoms with van der Waals surface area (Å²) in [4.78, 5) is 26.0. The van der Waals surface area contributed by atoms with Gasteiger partial charge in [-0.3, -0.25) is 13.9 Å². The number of methoxy groups -OCH3 is 1. The zero-order valence-corrected chi connectivity index (χ0v) is 17.7. The Morgan fingerprint density at radius 1 is 1.03 bits per heavy atom. The van der Waals surface area contributed by atoms with Crippen molar-refractivity contribution in [1.82, 2.24) is 4.90 Å². The van der Waals surface area contributed by atoms with E-state index in [9.17, 15) is 18.0 Å². The zero-order valence-electron chi connectivity index (χ0n) is 16.9. The van der Waals surface area contributed by atoms with E-state index < -0.39 is 28.4 Å². The van der Waals surface area contributed by atoms with Gasteiger partial charge in [0, 0.05) is 12.7 Å². The van der Waals surface area contributed by atoms with Crippen molar-refractivity contribution >= 4 is 33.2 Å². The van der Waals surface area contributed by atoms with Gasteiger partial charge in [0.25, 0.3) is 0 Å². The Kier molecular flexibility index (Phi) is 7.22. The van der Waals surface area contributed by atoms with Crippen molar-refractivity contribution in [3.63, 3.8) is 0 Å². The summed E-state index contributed by atoms with van der Waals surface area (Å²) < 4.78 is 30.6. The molecule has 0 spiro atoms. The van der Waals surface area contributed by atoms with E-state index in [1.54, 1.807) is 62.6 Å². The van der Waals surface area contributed by atoms with E-state index >= 15 is 0 Å². The van der Waals surface area contributed by atoms with E-state index in [2.05, 4.69) is 5.32 Å². The lowest BCUT2D eigenvalue weighted by atomic mass is 10.2. The Balaban J connectivity index is 2.03. The second kappa shape index (κ2) is 9.42. The standard InChI is InChI=1S/C20H25N3O5S/c1-15-7-5-6-8-18(15)23(29(4,26)27)14-20(25)22(2)13-19(24)21-16-9-11-17(28-3)12-10-16/h5-12H,13-14H2,1-4H3,(H,21,24). The highest BCUT2D eigenvalue weighted by Crippen LogP contribution is 2.22. The fourth-order valence-electron chi connectivity index (χ4n) is 2.65. The lowest BCUT2D eigenvalue weighted by molar-refractivity contribution is -0.131. The number of hydrogen-bond donors (Lipinski definition) is 1. The second-order valence-corrected chi connectivity index (χ2v) is 8.49. The number of ether oxygens (including phenoxy) is 1. The summed E-state index contributed by atoms with van der Waals surface area (Å²) in [7, 11) is -0.680. The van der Waals surface area contributed by atoms with Gasteiger partial charge in [-0.15, -0.1) is 0 Å². The van der Waals surface area contributed by atoms with Gasteiger partial charge in [0.05, 0.1) is 25.6 Å². The lowest BCUT2D eigenvalue weighted by Gasteiger charge is -2.26. The maximum atomic E-state index is 12.6. The summed E-state index contributed by atoms with van der Waals surface area (Å²) in [5.74, 6) is -0.233. The summed E-state index contributed by atoms with van der Waals surface area (Å²) in [6.07, 6.45) is 1.04. The summed E-state index contributed by atoms with van der Waals surface area (Å²) in [5, 5.41) is 2.68. The number of likely N-dealkylation sites (N-methyl/N-ethyl adjacent to an activating group) is 1. The first kappa shape index (κ1) is 22.2. The van der Waals surface area contributed by atoms with Crippen LogP contribution in [0, 0.1) is 6.92 Å². The number of hydrogen-bond acceptors (Lipinski definition) is 5. The molecule has 0 bridgehead atoms. The number of amides is 2. The third-order valence-corrected chi connectivity index (χ3v) is 5.37. The van der Waals surface area contributed by atoms with E-state index in [-0.39, 0.29) is 6.54 Å². The number of nitrogens with zero attached hydrogens (tertiary/aromatic N) is 2. The molecule has 0 radical (unpaired) electrons. The third-order valence-electron chi connectivity index (χ3n) is 4.24. The van der Waals surface area contributed by atoms with E-state index in [0.717, 1.165) is 16.1 Å². The summed E-state index contributed by atoms with van der Waals surface area (Å²) >= 11 is 0. The minimum absolute atomic E-state index is 0.212. The van der Waals surface area contributed by atoms with Crippen LogP contribution in [0.1, 0.15) is 5.56 Å². The van der Waals surface area contributed by atoms with Gasteiger partial charge in [-0.1, -0.05) is 18.2 Å². The van der Waals surface area contributed by atoms with Crippen molar-refractivity contribution in [2.24, 2.45) is 0 Å². The maximum absolute atomic E-state index is 12.6. The molecule has 0 saturated heterocycles. The van der Waals surface area contributed by atoms with Crippen LogP contribution < -0.4 is 14.4 Å². The fraction of sp³-hybridized carbons (Fsp3) is 0.300. The number of carbonyl (C=O) groups is 2. The van der Waals surface area contributed by atoms with Crippen molar-refractivity contribution in [3.05, 3.63) is 54.1 Å². The molecule has 2 aromatic rings. The van der Waals surface area contributed by atoms with Crippen LogP contribution in [0.5, 0.6) is 5.75 Å². The second-order valence-electron chi connectivity index (χ2n) is 6.58. The summed E-state index contributed by atoms with van der Waals surface area (Å²) in [5.41, 5.74) is 1.72. The van der Waals surface area contributed by atoms with Gasteiger partial charge in [0.2, 0.25) is 21.8 Å². The van der Waals surface area contributed by atoms with Crippen LogP contribution >= 0.6 is 0 Å². The molecule has 0 aliphatic carbocycles. The molecule has 0 aliphatic rings. The molecule has 2 aromatic carbocycles. The Bertz CT molecular complexity index is 974. The predicted molar refractivity (Wildman–Crippen MR) is 113 cm³/mol. The van der Waals surface area contributed by atoms with Gasteiger partial charge in [0.1, 0.15) is 12.3 Å². The quantitative estimate of drug-likeness (QED) is 0.705. The normalized spacial score (nSPS) is 10.9. The number of para-hydroxylation sites is 1. The maximum Gasteiger partial charge on any atom is 0.243 e. The Morgan fingerprint density at radius 3 is 2.21 bits per heavy atom. The minimum Gasteiger partial charge on any atom is -0.497 e. The van der Waals surface area contributed by atoms with Gasteiger partial charge in [-0.05, 0) is 42.8 Å². The molecule has 2 rings (SSSR count). The average Bonchev–Trinajstić information content (AvgIpc) is 2.66. The summed E-state index contributed by atoms with van der Waals surface area (Å²) in [6.45, 7) is 1.16. The highest BCUT2D eigenvalue weighted by molar-refractivity contribution is 7.92. The first-order chi connectivity index (χ1) is 13.6.